The summed E-state index contributed by atoms with van der Waals surface area (Å²) in [6, 6.07) is 18.3. The van der Waals surface area contributed by atoms with Crippen LogP contribution >= 0.6 is 0 Å². The first-order chi connectivity index (χ1) is 14.0. The van der Waals surface area contributed by atoms with E-state index in [0.717, 1.165) is 24.8 Å². The second-order valence-electron chi connectivity index (χ2n) is 6.85. The van der Waals surface area contributed by atoms with Gasteiger partial charge in [0.1, 0.15) is 6.61 Å². The number of Topliss-reactive ketones (excluding diaryl/α,β-unsaturated/α-hetero) is 2. The summed E-state index contributed by atoms with van der Waals surface area (Å²) in [6.07, 6.45) is 2.29. The maximum Gasteiger partial charge on any atom is 0.410 e. The molecule has 29 heavy (non-hydrogen) atoms. The molecule has 0 spiro atoms. The Morgan fingerprint density at radius 1 is 1.00 bits per heavy atom. The monoisotopic (exact) mass is 396 g/mol. The molecule has 1 amide bonds. The molecule has 154 valence electrons. The topological polar surface area (TPSA) is 89.7 Å². The number of ketones is 2. The fourth-order valence-electron chi connectivity index (χ4n) is 3.12. The van der Waals surface area contributed by atoms with E-state index in [4.69, 9.17) is 10.5 Å². The lowest BCUT2D eigenvalue weighted by atomic mass is 10.00. The lowest BCUT2D eigenvalue weighted by Crippen LogP contribution is -2.47. The minimum atomic E-state index is -0.385. The predicted molar refractivity (Wildman–Crippen MR) is 111 cm³/mol. The first-order valence-corrected chi connectivity index (χ1v) is 9.79. The van der Waals surface area contributed by atoms with Crippen LogP contribution in [0.25, 0.3) is 0 Å². The molecule has 1 saturated heterocycles. The molecule has 6 heteroatoms. The summed E-state index contributed by atoms with van der Waals surface area (Å²) < 4.78 is 5.28. The maximum absolute atomic E-state index is 12.0. The van der Waals surface area contributed by atoms with Crippen LogP contribution in [-0.4, -0.2) is 41.7 Å². The summed E-state index contributed by atoms with van der Waals surface area (Å²) in [7, 11) is 0. The molecule has 6 nitrogen and oxygen atoms in total. The van der Waals surface area contributed by atoms with Gasteiger partial charge in [0.15, 0.2) is 11.6 Å². The SMILES string of the molecule is CC(=O)[C@@H]1CCCCN1C(=O)OCc1ccccc1.NCC(=O)c1ccccc1. The number of carbonyl (C=O) groups excluding carboxylic acids is 3. The highest BCUT2D eigenvalue weighted by Gasteiger charge is 2.30. The van der Waals surface area contributed by atoms with Crippen LogP contribution in [-0.2, 0) is 16.1 Å². The Balaban J connectivity index is 0.000000253. The normalized spacial score (nSPS) is 15.7. The number of ether oxygens (including phenoxy) is 1. The third-order valence-corrected chi connectivity index (χ3v) is 4.69. The molecule has 0 aliphatic carbocycles. The highest BCUT2D eigenvalue weighted by molar-refractivity contribution is 5.97. The van der Waals surface area contributed by atoms with Gasteiger partial charge in [0, 0.05) is 12.1 Å². The van der Waals surface area contributed by atoms with Gasteiger partial charge >= 0.3 is 6.09 Å². The van der Waals surface area contributed by atoms with Gasteiger partial charge in [-0.05, 0) is 31.7 Å². The van der Waals surface area contributed by atoms with Gasteiger partial charge in [0.2, 0.25) is 0 Å². The molecule has 1 aliphatic rings. The van der Waals surface area contributed by atoms with Crippen molar-refractivity contribution in [3.05, 3.63) is 71.8 Å². The van der Waals surface area contributed by atoms with Crippen molar-refractivity contribution < 1.29 is 19.1 Å². The summed E-state index contributed by atoms with van der Waals surface area (Å²) in [5.74, 6) is 0.0250. The van der Waals surface area contributed by atoms with Crippen LogP contribution in [0.3, 0.4) is 0 Å². The van der Waals surface area contributed by atoms with Crippen molar-refractivity contribution >= 4 is 17.7 Å². The number of nitrogens with two attached hydrogens (primary N) is 1. The van der Waals surface area contributed by atoms with Gasteiger partial charge < -0.3 is 10.5 Å². The third kappa shape index (κ3) is 7.16. The van der Waals surface area contributed by atoms with Crippen molar-refractivity contribution in [1.82, 2.24) is 4.90 Å². The molecule has 3 rings (SSSR count). The molecule has 1 aliphatic heterocycles. The van der Waals surface area contributed by atoms with Gasteiger partial charge in [0.25, 0.3) is 0 Å². The van der Waals surface area contributed by atoms with E-state index >= 15 is 0 Å². The van der Waals surface area contributed by atoms with E-state index in [2.05, 4.69) is 0 Å². The quantitative estimate of drug-likeness (QED) is 0.780. The maximum atomic E-state index is 12.0. The van der Waals surface area contributed by atoms with E-state index in [1.807, 2.05) is 48.5 Å². The Morgan fingerprint density at radius 3 is 2.21 bits per heavy atom. The molecule has 2 aromatic rings. The number of benzene rings is 2. The smallest absolute Gasteiger partial charge is 0.410 e. The van der Waals surface area contributed by atoms with E-state index in [1.165, 1.54) is 6.92 Å². The van der Waals surface area contributed by atoms with Gasteiger partial charge in [0.05, 0.1) is 12.6 Å². The Bertz CT molecular complexity index is 793. The van der Waals surface area contributed by atoms with Gasteiger partial charge in [-0.1, -0.05) is 60.7 Å². The highest BCUT2D eigenvalue weighted by Crippen LogP contribution is 2.19. The lowest BCUT2D eigenvalue weighted by molar-refractivity contribution is -0.122. The van der Waals surface area contributed by atoms with Crippen molar-refractivity contribution in [2.75, 3.05) is 13.1 Å². The van der Waals surface area contributed by atoms with Crippen molar-refractivity contribution in [3.63, 3.8) is 0 Å². The van der Waals surface area contributed by atoms with Crippen LogP contribution in [0.5, 0.6) is 0 Å². The molecule has 0 radical (unpaired) electrons. The van der Waals surface area contributed by atoms with Crippen LogP contribution in [0.15, 0.2) is 60.7 Å². The molecule has 0 bridgehead atoms. The Morgan fingerprint density at radius 2 is 1.62 bits per heavy atom. The average Bonchev–Trinajstić information content (AvgIpc) is 2.78. The summed E-state index contributed by atoms with van der Waals surface area (Å²) in [5.41, 5.74) is 6.79. The van der Waals surface area contributed by atoms with Crippen molar-refractivity contribution in [1.29, 1.82) is 0 Å². The average molecular weight is 396 g/mol. The number of hydrogen-bond acceptors (Lipinski definition) is 5. The molecule has 1 atom stereocenters. The zero-order chi connectivity index (χ0) is 21.1. The largest absolute Gasteiger partial charge is 0.445 e. The van der Waals surface area contributed by atoms with Crippen molar-refractivity contribution in [3.8, 4) is 0 Å². The molecule has 0 aromatic heterocycles. The number of amides is 1. The van der Waals surface area contributed by atoms with Crippen LogP contribution < -0.4 is 5.73 Å². The van der Waals surface area contributed by atoms with Gasteiger partial charge in [-0.2, -0.15) is 0 Å². The summed E-state index contributed by atoms with van der Waals surface area (Å²) in [4.78, 5) is 36.0. The minimum absolute atomic E-state index is 0.0133. The van der Waals surface area contributed by atoms with E-state index in [9.17, 15) is 14.4 Å². The molecule has 0 unspecified atom stereocenters. The van der Waals surface area contributed by atoms with Crippen molar-refractivity contribution in [2.45, 2.75) is 38.8 Å². The summed E-state index contributed by atoms with van der Waals surface area (Å²) in [6.45, 7) is 2.48. The first-order valence-electron chi connectivity index (χ1n) is 9.79. The number of piperidine rings is 1. The predicted octanol–water partition coefficient (Wildman–Crippen LogP) is 3.59. The molecular formula is C23H28N2O4. The molecule has 0 saturated carbocycles. The number of hydrogen-bond donors (Lipinski definition) is 1. The lowest BCUT2D eigenvalue weighted by Gasteiger charge is -2.33. The Kier molecular flexibility index (Phi) is 9.05. The Labute approximate surface area is 171 Å². The second kappa shape index (κ2) is 11.8. The molecule has 1 heterocycles. The molecule has 2 N–H and O–H groups in total. The molecule has 2 aromatic carbocycles. The number of carbonyl (C=O) groups is 3. The zero-order valence-corrected chi connectivity index (χ0v) is 16.8. The van der Waals surface area contributed by atoms with Crippen LogP contribution in [0.4, 0.5) is 4.79 Å². The molecular weight excluding hydrogens is 368 g/mol. The zero-order valence-electron chi connectivity index (χ0n) is 16.8. The number of nitrogens with zero attached hydrogens (tertiary/aromatic N) is 1. The molecule has 1 fully saturated rings. The Hall–Kier alpha value is -2.99. The second-order valence-corrected chi connectivity index (χ2v) is 6.85. The minimum Gasteiger partial charge on any atom is -0.445 e. The standard InChI is InChI=1S/C15H19NO3.C8H9NO/c1-12(17)14-9-5-6-10-16(14)15(18)19-11-13-7-3-2-4-8-13;9-6-8(10)7-4-2-1-3-5-7/h2-4,7-8,14H,5-6,9-11H2,1H3;1-5H,6,9H2/t14-;/m0./s1. The van der Waals surface area contributed by atoms with Crippen LogP contribution in [0, 0.1) is 0 Å². The van der Waals surface area contributed by atoms with Gasteiger partial charge in [-0.15, -0.1) is 0 Å². The van der Waals surface area contributed by atoms with E-state index in [0.29, 0.717) is 12.1 Å². The van der Waals surface area contributed by atoms with Crippen LogP contribution in [0.2, 0.25) is 0 Å². The van der Waals surface area contributed by atoms with E-state index in [1.54, 1.807) is 17.0 Å². The fraction of sp³-hybridized carbons (Fsp3) is 0.348. The number of likely N-dealkylation sites (tertiary alicyclic amines) is 1. The number of rotatable bonds is 5. The van der Waals surface area contributed by atoms with E-state index < -0.39 is 0 Å². The fourth-order valence-corrected chi connectivity index (χ4v) is 3.12. The highest BCUT2D eigenvalue weighted by atomic mass is 16.6. The van der Waals surface area contributed by atoms with Gasteiger partial charge in [-0.3, -0.25) is 14.5 Å². The third-order valence-electron chi connectivity index (χ3n) is 4.69. The van der Waals surface area contributed by atoms with Gasteiger partial charge in [-0.25, -0.2) is 4.79 Å². The summed E-state index contributed by atoms with van der Waals surface area (Å²) in [5, 5.41) is 0. The van der Waals surface area contributed by atoms with E-state index in [-0.39, 0.29) is 36.9 Å². The first kappa shape index (κ1) is 22.3. The van der Waals surface area contributed by atoms with Crippen molar-refractivity contribution in [2.24, 2.45) is 5.73 Å². The summed E-state index contributed by atoms with van der Waals surface area (Å²) >= 11 is 0. The van der Waals surface area contributed by atoms with Crippen LogP contribution in [0.1, 0.15) is 42.1 Å².